The molecule has 5 N–H and O–H groups in total. The molecule has 2 aromatic carbocycles. The summed E-state index contributed by atoms with van der Waals surface area (Å²) in [5, 5.41) is 21.1. The number of benzene rings is 2. The standard InChI is InChI=1S/C51H66N10O11S2/c1-51(58-59-51)36-16-14-35(15-17-36)46(64)55-38(32-44(63)61-48(66)41(74-50(61)68)31-34-12-18-37(19-13-34)72-26-23-60(2)42-10-5-6-20-52-42)47(65)54-22-8-25-70-28-30-71-29-27-69-24-7-21-53-43(62)11-4-3-9-40-45-39(33-73-40)56-49(67)57-45/h5-6,10,12-20,38-41,45H,3-4,7-9,11,21-33H2,1-2H3,(H,53,62)(H,54,65)(H,55,64)(H2,56,57,67)/t38-,39-,40+,41?,45-/m1/s1. The molecule has 1 aromatic heterocycles. The highest BCUT2D eigenvalue weighted by molar-refractivity contribution is 8.15. The van der Waals surface area contributed by atoms with Crippen LogP contribution in [0.25, 0.3) is 0 Å². The van der Waals surface area contributed by atoms with Crippen molar-refractivity contribution in [3.05, 3.63) is 89.6 Å². The number of imide groups is 3. The second-order valence-corrected chi connectivity index (χ2v) is 20.8. The maximum atomic E-state index is 13.7. The normalized spacial score (nSPS) is 19.6. The van der Waals surface area contributed by atoms with Crippen LogP contribution in [0, 0.1) is 0 Å². The van der Waals surface area contributed by atoms with Crippen LogP contribution in [0.4, 0.5) is 15.4 Å². The quantitative estimate of drug-likeness (QED) is 0.0430. The van der Waals surface area contributed by atoms with Crippen LogP contribution in [0.3, 0.4) is 0 Å². The highest BCUT2D eigenvalue weighted by Crippen LogP contribution is 2.38. The number of nitrogens with zero attached hydrogens (tertiary/aromatic N) is 5. The van der Waals surface area contributed by atoms with E-state index in [2.05, 4.69) is 41.8 Å². The molecular weight excluding hydrogens is 993 g/mol. The Kier molecular flexibility index (Phi) is 21.0. The average molecular weight is 1060 g/mol. The van der Waals surface area contributed by atoms with Crippen LogP contribution < -0.4 is 36.2 Å². The summed E-state index contributed by atoms with van der Waals surface area (Å²) in [5.74, 6) is -0.496. The highest BCUT2D eigenvalue weighted by atomic mass is 32.2. The lowest BCUT2D eigenvalue weighted by Gasteiger charge is -2.20. The Morgan fingerprint density at radius 1 is 0.838 bits per heavy atom. The fraction of sp³-hybridized carbons (Fsp3) is 0.529. The first-order chi connectivity index (χ1) is 35.9. The van der Waals surface area contributed by atoms with E-state index in [9.17, 15) is 33.6 Å². The number of rotatable bonds is 32. The van der Waals surface area contributed by atoms with Crippen molar-refractivity contribution in [3.8, 4) is 5.75 Å². The number of carbonyl (C=O) groups is 7. The van der Waals surface area contributed by atoms with E-state index in [1.807, 2.05) is 48.8 Å². The van der Waals surface area contributed by atoms with Crippen LogP contribution in [0.15, 0.2) is 83.2 Å². The summed E-state index contributed by atoms with van der Waals surface area (Å²) in [4.78, 5) is 98.1. The van der Waals surface area contributed by atoms with Crippen molar-refractivity contribution in [3.63, 3.8) is 0 Å². The number of nitrogens with one attached hydrogen (secondary N) is 5. The van der Waals surface area contributed by atoms with Crippen LogP contribution in [0.2, 0.25) is 0 Å². The maximum Gasteiger partial charge on any atom is 0.315 e. The van der Waals surface area contributed by atoms with Crippen molar-refractivity contribution < 1.29 is 52.5 Å². The lowest BCUT2D eigenvalue weighted by atomic mass is 10.0. The Balaban J connectivity index is 0.760. The van der Waals surface area contributed by atoms with Crippen LogP contribution in [-0.2, 0) is 45.5 Å². The number of likely N-dealkylation sites (N-methyl/N-ethyl adjacent to an activating group) is 1. The van der Waals surface area contributed by atoms with E-state index in [1.54, 1.807) is 54.7 Å². The molecule has 21 nitrogen and oxygen atoms in total. The molecule has 7 rings (SSSR count). The minimum absolute atomic E-state index is 0.0290. The molecule has 4 aliphatic heterocycles. The van der Waals surface area contributed by atoms with Gasteiger partial charge in [-0.2, -0.15) is 22.0 Å². The van der Waals surface area contributed by atoms with Gasteiger partial charge in [-0.15, -0.1) is 0 Å². The topological polar surface area (TPSA) is 261 Å². The molecule has 1 unspecified atom stereocenters. The van der Waals surface area contributed by atoms with Gasteiger partial charge in [0, 0.05) is 68.1 Å². The number of amides is 8. The molecule has 3 fully saturated rings. The van der Waals surface area contributed by atoms with Crippen molar-refractivity contribution in [2.75, 3.05) is 83.6 Å². The predicted octanol–water partition coefficient (Wildman–Crippen LogP) is 4.35. The number of hydrogen-bond acceptors (Lipinski definition) is 17. The van der Waals surface area contributed by atoms with E-state index in [0.717, 1.165) is 53.7 Å². The van der Waals surface area contributed by atoms with E-state index in [0.29, 0.717) is 94.5 Å². The molecule has 4 aliphatic rings. The van der Waals surface area contributed by atoms with Crippen molar-refractivity contribution >= 4 is 70.1 Å². The molecule has 74 heavy (non-hydrogen) atoms. The highest BCUT2D eigenvalue weighted by Gasteiger charge is 2.45. The van der Waals surface area contributed by atoms with Crippen LogP contribution in [0.5, 0.6) is 5.75 Å². The number of urea groups is 1. The van der Waals surface area contributed by atoms with E-state index >= 15 is 0 Å². The SMILES string of the molecule is CN(CCOc1ccc(CC2SC(=O)N(C(=O)C[C@@H](NC(=O)c3ccc(C4(C)N=N4)cc3)C(=O)NCCCOCCOCCOCCCNC(=O)CCCC[C@@H]3SC[C@H]4NC(=O)N[C@@H]34)C2=O)cc1)c1ccccn1. The second kappa shape index (κ2) is 28.0. The molecule has 0 spiro atoms. The molecule has 3 saturated heterocycles. The molecule has 8 amide bonds. The third kappa shape index (κ3) is 16.7. The van der Waals surface area contributed by atoms with Crippen molar-refractivity contribution in [2.24, 2.45) is 10.2 Å². The van der Waals surface area contributed by atoms with Gasteiger partial charge in [0.05, 0.1) is 56.7 Å². The number of ether oxygens (including phenoxy) is 4. The Morgan fingerprint density at radius 3 is 2.23 bits per heavy atom. The van der Waals surface area contributed by atoms with Gasteiger partial charge in [-0.3, -0.25) is 28.8 Å². The number of thioether (sulfide) groups is 2. The zero-order valence-corrected chi connectivity index (χ0v) is 43.4. The molecule has 0 saturated carbocycles. The number of hydrogen-bond donors (Lipinski definition) is 5. The van der Waals surface area contributed by atoms with Gasteiger partial charge in [-0.1, -0.05) is 48.5 Å². The molecule has 0 radical (unpaired) electrons. The number of carbonyl (C=O) groups excluding carboxylic acids is 7. The van der Waals surface area contributed by atoms with Gasteiger partial charge in [0.25, 0.3) is 17.1 Å². The van der Waals surface area contributed by atoms with Gasteiger partial charge < -0.3 is 50.4 Å². The summed E-state index contributed by atoms with van der Waals surface area (Å²) >= 11 is 2.62. The summed E-state index contributed by atoms with van der Waals surface area (Å²) in [6.45, 7) is 5.72. The Labute approximate surface area is 439 Å². The Morgan fingerprint density at radius 2 is 1.54 bits per heavy atom. The fourth-order valence-corrected chi connectivity index (χ4v) is 11.0. The lowest BCUT2D eigenvalue weighted by molar-refractivity contribution is -0.141. The number of pyridine rings is 1. The Hall–Kier alpha value is -6.14. The molecule has 3 aromatic rings. The molecule has 0 aliphatic carbocycles. The van der Waals surface area contributed by atoms with Crippen molar-refractivity contribution in [1.29, 1.82) is 0 Å². The number of aromatic nitrogens is 1. The maximum absolute atomic E-state index is 13.7. The van der Waals surface area contributed by atoms with E-state index in [-0.39, 0.29) is 42.6 Å². The van der Waals surface area contributed by atoms with Crippen LogP contribution in [0.1, 0.15) is 73.4 Å². The monoisotopic (exact) mass is 1060 g/mol. The van der Waals surface area contributed by atoms with Gasteiger partial charge in [-0.05, 0) is 81.0 Å². The number of anilines is 1. The van der Waals surface area contributed by atoms with Gasteiger partial charge in [0.1, 0.15) is 24.2 Å². The smallest absolute Gasteiger partial charge is 0.315 e. The summed E-state index contributed by atoms with van der Waals surface area (Å²) in [7, 11) is 1.93. The molecule has 5 heterocycles. The van der Waals surface area contributed by atoms with Crippen LogP contribution >= 0.6 is 23.5 Å². The minimum atomic E-state index is -1.41. The zero-order chi connectivity index (χ0) is 52.3. The first-order valence-corrected chi connectivity index (χ1v) is 27.0. The molecule has 23 heteroatoms. The molecule has 5 atom stereocenters. The molecule has 0 bridgehead atoms. The summed E-state index contributed by atoms with van der Waals surface area (Å²) < 4.78 is 22.7. The average Bonchev–Trinajstić information content (AvgIpc) is 3.74. The Bertz CT molecular complexity index is 2410. The van der Waals surface area contributed by atoms with E-state index in [4.69, 9.17) is 18.9 Å². The van der Waals surface area contributed by atoms with Crippen molar-refractivity contribution in [1.82, 2.24) is 36.5 Å². The zero-order valence-electron chi connectivity index (χ0n) is 41.8. The fourth-order valence-electron chi connectivity index (χ4n) is 8.40. The number of unbranched alkanes of at least 4 members (excludes halogenated alkanes) is 1. The molecule has 398 valence electrons. The van der Waals surface area contributed by atoms with Gasteiger partial charge in [0.15, 0.2) is 0 Å². The van der Waals surface area contributed by atoms with Gasteiger partial charge in [-0.25, -0.2) is 14.7 Å². The minimum Gasteiger partial charge on any atom is -0.492 e. The summed E-state index contributed by atoms with van der Waals surface area (Å²) in [6.07, 6.45) is 5.57. The lowest BCUT2D eigenvalue weighted by Crippen LogP contribution is -2.50. The van der Waals surface area contributed by atoms with E-state index < -0.39 is 52.2 Å². The first kappa shape index (κ1) is 55.6. The largest absolute Gasteiger partial charge is 0.492 e. The third-order valence-corrected chi connectivity index (χ3v) is 15.3. The number of fused-ring (bicyclic) bond motifs is 1. The van der Waals surface area contributed by atoms with Crippen molar-refractivity contribution in [2.45, 2.75) is 92.6 Å². The van der Waals surface area contributed by atoms with Crippen LogP contribution in [-0.4, -0.2) is 158 Å². The summed E-state index contributed by atoms with van der Waals surface area (Å²) in [5.41, 5.74) is 1.11. The second-order valence-electron chi connectivity index (χ2n) is 18.3. The first-order valence-electron chi connectivity index (χ1n) is 25.1. The van der Waals surface area contributed by atoms with E-state index in [1.165, 1.54) is 0 Å². The van der Waals surface area contributed by atoms with Gasteiger partial charge in [0.2, 0.25) is 23.4 Å². The third-order valence-electron chi connectivity index (χ3n) is 12.7. The summed E-state index contributed by atoms with van der Waals surface area (Å²) in [6, 6.07) is 18.3. The predicted molar refractivity (Wildman–Crippen MR) is 278 cm³/mol. The molecular formula is C51H66N10O11S2. The van der Waals surface area contributed by atoms with Gasteiger partial charge >= 0.3 is 6.03 Å².